The molecule has 1 aliphatic rings. The molecule has 2 rings (SSSR count). The normalized spacial score (nSPS) is 28.5. The predicted molar refractivity (Wildman–Crippen MR) is 53.0 cm³/mol. The van der Waals surface area contributed by atoms with Crippen molar-refractivity contribution in [2.24, 2.45) is 0 Å². The van der Waals surface area contributed by atoms with Crippen molar-refractivity contribution in [2.75, 3.05) is 0 Å². The summed E-state index contributed by atoms with van der Waals surface area (Å²) in [7, 11) is 0. The average Bonchev–Trinajstić information content (AvgIpc) is 2.24. The van der Waals surface area contributed by atoms with Crippen LogP contribution in [0.1, 0.15) is 17.2 Å². The van der Waals surface area contributed by atoms with Crippen LogP contribution in [0.3, 0.4) is 0 Å². The molecule has 0 fully saturated rings. The van der Waals surface area contributed by atoms with E-state index in [2.05, 4.69) is 0 Å². The lowest BCUT2D eigenvalue weighted by Crippen LogP contribution is -2.44. The Balaban J connectivity index is 2.54. The Hall–Kier alpha value is -1.65. The number of carboxylic acid groups (broad SMARTS) is 1. The van der Waals surface area contributed by atoms with Gasteiger partial charge >= 0.3 is 5.97 Å². The van der Waals surface area contributed by atoms with Gasteiger partial charge in [0.05, 0.1) is 0 Å². The van der Waals surface area contributed by atoms with Crippen molar-refractivity contribution in [2.45, 2.75) is 11.7 Å². The predicted octanol–water partition coefficient (Wildman–Crippen LogP) is 0.563. The van der Waals surface area contributed by atoms with Crippen molar-refractivity contribution in [3.05, 3.63) is 41.5 Å². The topological polar surface area (TPSA) is 77.8 Å². The zero-order valence-electron chi connectivity index (χ0n) is 7.79. The second kappa shape index (κ2) is 3.18. The first kappa shape index (κ1) is 9.89. The maximum absolute atomic E-state index is 10.8. The molecule has 0 saturated heterocycles. The Morgan fingerprint density at radius 1 is 1.33 bits per heavy atom. The van der Waals surface area contributed by atoms with Crippen molar-refractivity contribution in [3.63, 3.8) is 0 Å². The summed E-state index contributed by atoms with van der Waals surface area (Å²) in [5.41, 5.74) is -1.09. The standard InChI is InChI=1S/C11H10O4/c12-9-8-4-2-1-3-7(8)5-6-11(9,15)10(13)14/h1-6,9,12,15H,(H,13,14)/t9-,11+/m1/s1. The van der Waals surface area contributed by atoms with Gasteiger partial charge in [-0.1, -0.05) is 30.3 Å². The third kappa shape index (κ3) is 1.35. The monoisotopic (exact) mass is 206 g/mol. The van der Waals surface area contributed by atoms with Gasteiger partial charge in [0.1, 0.15) is 6.10 Å². The number of hydrogen-bond donors (Lipinski definition) is 3. The zero-order chi connectivity index (χ0) is 11.1. The van der Waals surface area contributed by atoms with Crippen molar-refractivity contribution < 1.29 is 20.1 Å². The molecule has 1 aromatic rings. The van der Waals surface area contributed by atoms with Gasteiger partial charge in [0.2, 0.25) is 5.60 Å². The van der Waals surface area contributed by atoms with E-state index in [1.54, 1.807) is 24.3 Å². The number of fused-ring (bicyclic) bond motifs is 1. The number of carbonyl (C=O) groups is 1. The minimum atomic E-state index is -2.23. The van der Waals surface area contributed by atoms with Crippen LogP contribution < -0.4 is 0 Å². The Morgan fingerprint density at radius 3 is 2.67 bits per heavy atom. The molecule has 0 aliphatic heterocycles. The first-order chi connectivity index (χ1) is 7.05. The van der Waals surface area contributed by atoms with Gasteiger partial charge in [0.15, 0.2) is 0 Å². The third-order valence-corrected chi connectivity index (χ3v) is 2.57. The number of aliphatic hydroxyl groups excluding tert-OH is 1. The highest BCUT2D eigenvalue weighted by atomic mass is 16.4. The summed E-state index contributed by atoms with van der Waals surface area (Å²) in [6.45, 7) is 0. The Kier molecular flexibility index (Phi) is 2.10. The summed E-state index contributed by atoms with van der Waals surface area (Å²) >= 11 is 0. The summed E-state index contributed by atoms with van der Waals surface area (Å²) in [5, 5.41) is 28.3. The molecule has 0 unspecified atom stereocenters. The molecule has 0 bridgehead atoms. The van der Waals surface area contributed by atoms with E-state index in [4.69, 9.17) is 5.11 Å². The van der Waals surface area contributed by atoms with Crippen LogP contribution in [0.25, 0.3) is 6.08 Å². The molecule has 0 aromatic heterocycles. The average molecular weight is 206 g/mol. The molecule has 1 aliphatic carbocycles. The lowest BCUT2D eigenvalue weighted by atomic mass is 9.83. The van der Waals surface area contributed by atoms with Crippen molar-refractivity contribution >= 4 is 12.0 Å². The summed E-state index contributed by atoms with van der Waals surface area (Å²) in [5.74, 6) is -1.46. The van der Waals surface area contributed by atoms with E-state index in [1.807, 2.05) is 0 Å². The van der Waals surface area contributed by atoms with E-state index >= 15 is 0 Å². The molecular weight excluding hydrogens is 196 g/mol. The van der Waals surface area contributed by atoms with Crippen LogP contribution in [0.2, 0.25) is 0 Å². The Labute approximate surface area is 86.1 Å². The first-order valence-electron chi connectivity index (χ1n) is 4.47. The minimum absolute atomic E-state index is 0.421. The number of carboxylic acids is 1. The van der Waals surface area contributed by atoms with Crippen LogP contribution in [-0.2, 0) is 4.79 Å². The molecule has 0 spiro atoms. The fraction of sp³-hybridized carbons (Fsp3) is 0.182. The molecule has 3 N–H and O–H groups in total. The van der Waals surface area contributed by atoms with Crippen LogP contribution in [-0.4, -0.2) is 26.9 Å². The highest BCUT2D eigenvalue weighted by Crippen LogP contribution is 2.35. The fourth-order valence-electron chi connectivity index (χ4n) is 1.64. The summed E-state index contributed by atoms with van der Waals surface area (Å²) in [4.78, 5) is 10.8. The molecule has 4 nitrogen and oxygen atoms in total. The van der Waals surface area contributed by atoms with Gasteiger partial charge in [-0.15, -0.1) is 0 Å². The van der Waals surface area contributed by atoms with E-state index in [0.29, 0.717) is 5.56 Å². The fourth-order valence-corrected chi connectivity index (χ4v) is 1.64. The lowest BCUT2D eigenvalue weighted by molar-refractivity contribution is -0.164. The van der Waals surface area contributed by atoms with Crippen LogP contribution in [0.5, 0.6) is 0 Å². The van der Waals surface area contributed by atoms with Crippen LogP contribution in [0.15, 0.2) is 30.3 Å². The number of hydrogen-bond acceptors (Lipinski definition) is 3. The van der Waals surface area contributed by atoms with Gasteiger partial charge in [-0.3, -0.25) is 0 Å². The van der Waals surface area contributed by atoms with Crippen LogP contribution in [0, 0.1) is 0 Å². The maximum Gasteiger partial charge on any atom is 0.342 e. The second-order valence-electron chi connectivity index (χ2n) is 3.50. The van der Waals surface area contributed by atoms with E-state index in [-0.39, 0.29) is 0 Å². The van der Waals surface area contributed by atoms with Gasteiger partial charge < -0.3 is 15.3 Å². The van der Waals surface area contributed by atoms with E-state index in [0.717, 1.165) is 11.6 Å². The number of benzene rings is 1. The summed E-state index contributed by atoms with van der Waals surface area (Å²) in [6, 6.07) is 6.80. The smallest absolute Gasteiger partial charge is 0.342 e. The SMILES string of the molecule is O=C(O)[C@]1(O)C=Cc2ccccc2[C@H]1O. The quantitative estimate of drug-likeness (QED) is 0.627. The molecule has 2 atom stereocenters. The largest absolute Gasteiger partial charge is 0.479 e. The number of aliphatic carboxylic acids is 1. The number of aliphatic hydroxyl groups is 2. The maximum atomic E-state index is 10.8. The molecule has 0 saturated carbocycles. The molecule has 78 valence electrons. The van der Waals surface area contributed by atoms with Gasteiger partial charge in [-0.25, -0.2) is 4.79 Å². The van der Waals surface area contributed by atoms with Crippen LogP contribution in [0.4, 0.5) is 0 Å². The third-order valence-electron chi connectivity index (χ3n) is 2.57. The summed E-state index contributed by atoms with van der Waals surface area (Å²) in [6.07, 6.45) is 1.16. The van der Waals surface area contributed by atoms with Crippen molar-refractivity contribution in [1.82, 2.24) is 0 Å². The van der Waals surface area contributed by atoms with Crippen LogP contribution >= 0.6 is 0 Å². The zero-order valence-corrected chi connectivity index (χ0v) is 7.79. The highest BCUT2D eigenvalue weighted by molar-refractivity contribution is 5.84. The highest BCUT2D eigenvalue weighted by Gasteiger charge is 2.44. The van der Waals surface area contributed by atoms with Gasteiger partial charge in [0, 0.05) is 0 Å². The van der Waals surface area contributed by atoms with Crippen molar-refractivity contribution in [3.8, 4) is 0 Å². The second-order valence-corrected chi connectivity index (χ2v) is 3.50. The van der Waals surface area contributed by atoms with E-state index < -0.39 is 17.7 Å². The van der Waals surface area contributed by atoms with Gasteiger partial charge in [0.25, 0.3) is 0 Å². The van der Waals surface area contributed by atoms with Gasteiger partial charge in [-0.05, 0) is 17.2 Å². The molecule has 0 heterocycles. The molecule has 15 heavy (non-hydrogen) atoms. The van der Waals surface area contributed by atoms with E-state index in [1.165, 1.54) is 6.08 Å². The first-order valence-corrected chi connectivity index (χ1v) is 4.47. The molecule has 0 amide bonds. The molecule has 0 radical (unpaired) electrons. The lowest BCUT2D eigenvalue weighted by Gasteiger charge is -2.30. The van der Waals surface area contributed by atoms with E-state index in [9.17, 15) is 15.0 Å². The Morgan fingerprint density at radius 2 is 2.00 bits per heavy atom. The van der Waals surface area contributed by atoms with Crippen molar-refractivity contribution in [1.29, 1.82) is 0 Å². The Bertz CT molecular complexity index is 438. The molecule has 1 aromatic carbocycles. The number of rotatable bonds is 1. The molecule has 4 heteroatoms. The molecular formula is C11H10O4. The summed E-state index contributed by atoms with van der Waals surface area (Å²) < 4.78 is 0. The minimum Gasteiger partial charge on any atom is -0.479 e. The van der Waals surface area contributed by atoms with Gasteiger partial charge in [-0.2, -0.15) is 0 Å².